The molecule has 1 aliphatic rings. The minimum Gasteiger partial charge on any atom is -0.469 e. The number of anilines is 1. The number of alkyl halides is 1. The molecule has 1 aliphatic heterocycles. The maximum atomic E-state index is 14.7. The third kappa shape index (κ3) is 4.54. The predicted octanol–water partition coefficient (Wildman–Crippen LogP) is -0.258. The van der Waals surface area contributed by atoms with E-state index in [4.69, 9.17) is 26.8 Å². The Balaban J connectivity index is 1.77. The van der Waals surface area contributed by atoms with Crippen molar-refractivity contribution in [2.24, 2.45) is 0 Å². The van der Waals surface area contributed by atoms with E-state index in [0.717, 1.165) is 11.7 Å². The number of nitrogen functional groups attached to an aromatic ring is 1. The molecule has 1 fully saturated rings. The van der Waals surface area contributed by atoms with Crippen molar-refractivity contribution in [3.05, 3.63) is 11.6 Å². The van der Waals surface area contributed by atoms with E-state index in [2.05, 4.69) is 19.7 Å². The van der Waals surface area contributed by atoms with Crippen LogP contribution in [0.25, 0.3) is 11.2 Å². The van der Waals surface area contributed by atoms with Crippen LogP contribution >= 0.6 is 19.2 Å². The number of nitrogens with zero attached hydrogens (tertiary/aromatic N) is 4. The summed E-state index contributed by atoms with van der Waals surface area (Å²) in [5, 5.41) is 9.96. The first kappa shape index (κ1) is 22.7. The smallest absolute Gasteiger partial charge is 0.354 e. The van der Waals surface area contributed by atoms with Gasteiger partial charge in [0.2, 0.25) is 5.28 Å². The molecule has 0 radical (unpaired) electrons. The van der Waals surface area contributed by atoms with Crippen LogP contribution in [0.1, 0.15) is 12.6 Å². The van der Waals surface area contributed by atoms with Crippen LogP contribution < -0.4 is 5.73 Å². The molecule has 3 heterocycles. The van der Waals surface area contributed by atoms with Crippen molar-refractivity contribution in [3.8, 4) is 0 Å². The zero-order valence-corrected chi connectivity index (χ0v) is 17.0. The van der Waals surface area contributed by atoms with Crippen LogP contribution in [0.2, 0.25) is 5.28 Å². The number of carbonyl (C=O) groups excluding carboxylic acids is 1. The molecule has 0 bridgehead atoms. The normalized spacial score (nSPS) is 25.5. The average Bonchev–Trinajstić information content (AvgIpc) is 3.19. The van der Waals surface area contributed by atoms with E-state index in [1.54, 1.807) is 0 Å². The SMILES string of the molecule is COC(=O)CC(OC[C@H]1O[C@@H](n2cnc3c(N)nc(Cl)nc32)[C@@H](F)[C@@H]1O)P(=O)(O)O. The van der Waals surface area contributed by atoms with E-state index in [-0.39, 0.29) is 22.3 Å². The highest BCUT2D eigenvalue weighted by Gasteiger charge is 2.47. The van der Waals surface area contributed by atoms with Crippen molar-refractivity contribution in [2.45, 2.75) is 36.9 Å². The number of aliphatic hydroxyl groups is 1. The summed E-state index contributed by atoms with van der Waals surface area (Å²) in [6.45, 7) is -0.616. The molecule has 1 saturated heterocycles. The van der Waals surface area contributed by atoms with Gasteiger partial charge < -0.3 is 34.8 Å². The van der Waals surface area contributed by atoms with E-state index >= 15 is 0 Å². The highest BCUT2D eigenvalue weighted by molar-refractivity contribution is 7.52. The number of carbonyl (C=O) groups is 1. The Morgan fingerprint density at radius 3 is 2.83 bits per heavy atom. The van der Waals surface area contributed by atoms with Gasteiger partial charge in [-0.2, -0.15) is 9.97 Å². The number of hydrogen-bond donors (Lipinski definition) is 4. The molecule has 30 heavy (non-hydrogen) atoms. The molecule has 0 saturated carbocycles. The summed E-state index contributed by atoms with van der Waals surface area (Å²) in [7, 11) is -3.82. The van der Waals surface area contributed by atoms with Gasteiger partial charge >= 0.3 is 13.6 Å². The Morgan fingerprint density at radius 2 is 2.20 bits per heavy atom. The van der Waals surface area contributed by atoms with Crippen molar-refractivity contribution >= 4 is 42.1 Å². The first-order chi connectivity index (χ1) is 14.0. The second kappa shape index (κ2) is 8.67. The minimum absolute atomic E-state index is 0.0371. The molecule has 16 heteroatoms. The second-order valence-electron chi connectivity index (χ2n) is 6.36. The second-order valence-corrected chi connectivity index (χ2v) is 8.45. The van der Waals surface area contributed by atoms with Crippen LogP contribution in [-0.4, -0.2) is 78.3 Å². The maximum absolute atomic E-state index is 14.7. The zero-order chi connectivity index (χ0) is 22.2. The lowest BCUT2D eigenvalue weighted by atomic mass is 10.1. The van der Waals surface area contributed by atoms with E-state index < -0.39 is 57.0 Å². The lowest BCUT2D eigenvalue weighted by molar-refractivity contribution is -0.143. The van der Waals surface area contributed by atoms with Crippen LogP contribution in [0.5, 0.6) is 0 Å². The molecule has 0 aliphatic carbocycles. The lowest BCUT2D eigenvalue weighted by Crippen LogP contribution is -2.33. The van der Waals surface area contributed by atoms with E-state index in [0.29, 0.717) is 0 Å². The van der Waals surface area contributed by atoms with Gasteiger partial charge in [-0.1, -0.05) is 0 Å². The van der Waals surface area contributed by atoms with Gasteiger partial charge in [0.15, 0.2) is 29.7 Å². The first-order valence-corrected chi connectivity index (χ1v) is 10.5. The van der Waals surface area contributed by atoms with Gasteiger partial charge in [-0.3, -0.25) is 13.9 Å². The largest absolute Gasteiger partial charge is 0.469 e. The van der Waals surface area contributed by atoms with Gasteiger partial charge in [0.25, 0.3) is 0 Å². The number of fused-ring (bicyclic) bond motifs is 1. The third-order valence-electron chi connectivity index (χ3n) is 4.39. The Kier molecular flexibility index (Phi) is 6.57. The fourth-order valence-electron chi connectivity index (χ4n) is 2.87. The van der Waals surface area contributed by atoms with Crippen LogP contribution in [0.3, 0.4) is 0 Å². The Bertz CT molecular complexity index is 989. The molecule has 5 atom stereocenters. The molecule has 0 amide bonds. The summed E-state index contributed by atoms with van der Waals surface area (Å²) in [6.07, 6.45) is -5.97. The number of nitrogens with two attached hydrogens (primary N) is 1. The summed E-state index contributed by atoms with van der Waals surface area (Å²) >= 11 is 5.78. The summed E-state index contributed by atoms with van der Waals surface area (Å²) < 4.78 is 42.3. The third-order valence-corrected chi connectivity index (χ3v) is 5.64. The monoisotopic (exact) mass is 469 g/mol. The molecular formula is C14H18ClFN5O8P. The van der Waals surface area contributed by atoms with Crippen LogP contribution in [0, 0.1) is 0 Å². The molecule has 2 aromatic rings. The fourth-order valence-corrected chi connectivity index (χ4v) is 3.71. The summed E-state index contributed by atoms with van der Waals surface area (Å²) in [5.41, 5.74) is 5.91. The predicted molar refractivity (Wildman–Crippen MR) is 98.0 cm³/mol. The zero-order valence-electron chi connectivity index (χ0n) is 15.3. The van der Waals surface area contributed by atoms with Crippen molar-refractivity contribution in [2.75, 3.05) is 19.5 Å². The summed E-state index contributed by atoms with van der Waals surface area (Å²) in [4.78, 5) is 41.7. The molecule has 166 valence electrons. The summed E-state index contributed by atoms with van der Waals surface area (Å²) in [5.74, 6) is -2.81. The number of aliphatic hydroxyl groups excluding tert-OH is 1. The number of methoxy groups -OCH3 is 1. The number of imidazole rings is 1. The quantitative estimate of drug-likeness (QED) is 0.236. The molecule has 1 unspecified atom stereocenters. The molecule has 2 aromatic heterocycles. The summed E-state index contributed by atoms with van der Waals surface area (Å²) in [6, 6.07) is 0. The van der Waals surface area contributed by atoms with E-state index in [1.807, 2.05) is 0 Å². The van der Waals surface area contributed by atoms with E-state index in [1.165, 1.54) is 6.33 Å². The number of esters is 1. The average molecular weight is 470 g/mol. The highest BCUT2D eigenvalue weighted by atomic mass is 35.5. The van der Waals surface area contributed by atoms with Gasteiger partial charge in [0.05, 0.1) is 26.5 Å². The number of halogens is 2. The topological polar surface area (TPSA) is 192 Å². The number of aromatic nitrogens is 4. The minimum atomic E-state index is -4.86. The van der Waals surface area contributed by atoms with Crippen molar-refractivity contribution in [1.29, 1.82) is 0 Å². The van der Waals surface area contributed by atoms with Crippen molar-refractivity contribution in [3.63, 3.8) is 0 Å². The fraction of sp³-hybridized carbons (Fsp3) is 0.571. The van der Waals surface area contributed by atoms with Gasteiger partial charge in [-0.05, 0) is 11.6 Å². The van der Waals surface area contributed by atoms with Crippen LogP contribution in [-0.2, 0) is 23.6 Å². The lowest BCUT2D eigenvalue weighted by Gasteiger charge is -2.21. The highest BCUT2D eigenvalue weighted by Crippen LogP contribution is 2.44. The van der Waals surface area contributed by atoms with Crippen molar-refractivity contribution < 1.29 is 42.9 Å². The van der Waals surface area contributed by atoms with Crippen LogP contribution in [0.4, 0.5) is 10.2 Å². The Labute approximate surface area is 173 Å². The van der Waals surface area contributed by atoms with Crippen LogP contribution in [0.15, 0.2) is 6.33 Å². The van der Waals surface area contributed by atoms with Crippen molar-refractivity contribution in [1.82, 2.24) is 19.5 Å². The molecule has 13 nitrogen and oxygen atoms in total. The van der Waals surface area contributed by atoms with E-state index in [9.17, 15) is 28.6 Å². The molecule has 5 N–H and O–H groups in total. The number of rotatable bonds is 7. The maximum Gasteiger partial charge on any atom is 0.354 e. The first-order valence-electron chi connectivity index (χ1n) is 8.39. The molecule has 3 rings (SSSR count). The van der Waals surface area contributed by atoms with Gasteiger partial charge in [-0.25, -0.2) is 9.37 Å². The molecule has 0 aromatic carbocycles. The number of hydrogen-bond acceptors (Lipinski definition) is 10. The molecular weight excluding hydrogens is 452 g/mol. The molecule has 0 spiro atoms. The van der Waals surface area contributed by atoms with Gasteiger partial charge in [0, 0.05) is 0 Å². The van der Waals surface area contributed by atoms with Gasteiger partial charge in [0.1, 0.15) is 17.7 Å². The Hall–Kier alpha value is -1.93. The number of ether oxygens (including phenoxy) is 3. The van der Waals surface area contributed by atoms with Gasteiger partial charge in [-0.15, -0.1) is 0 Å². The Morgan fingerprint density at radius 1 is 1.50 bits per heavy atom. The standard InChI is InChI=1S/C14H18ClFN5O8P/c1-27-6(22)2-7(30(24,25)26)28-3-5-10(23)8(16)13(29-5)21-4-18-9-11(17)19-14(15)20-12(9)21/h4-5,7-8,10,13,23H,2-3H2,1H3,(H2,17,19,20)(H2,24,25,26)/t5-,7?,8+,10-,13-/m1/s1.